The van der Waals surface area contributed by atoms with Gasteiger partial charge in [0.1, 0.15) is 12.1 Å². The number of thiophene rings is 1. The third-order valence-corrected chi connectivity index (χ3v) is 8.27. The van der Waals surface area contributed by atoms with E-state index in [4.69, 9.17) is 20.9 Å². The van der Waals surface area contributed by atoms with Crippen LogP contribution >= 0.6 is 22.9 Å². The topological polar surface area (TPSA) is 128 Å². The first-order valence-electron chi connectivity index (χ1n) is 11.6. The van der Waals surface area contributed by atoms with Gasteiger partial charge in [0.2, 0.25) is 5.78 Å². The van der Waals surface area contributed by atoms with Gasteiger partial charge in [0.15, 0.2) is 0 Å². The zero-order valence-electron chi connectivity index (χ0n) is 19.4. The highest BCUT2D eigenvalue weighted by molar-refractivity contribution is 7.84. The Hall–Kier alpha value is -2.57. The fourth-order valence-electron chi connectivity index (χ4n) is 4.87. The number of halogens is 1. The molecule has 2 aromatic heterocycles. The number of aromatic nitrogens is 2. The molecule has 1 aliphatic carbocycles. The van der Waals surface area contributed by atoms with Crippen molar-refractivity contribution in [3.05, 3.63) is 68.8 Å². The van der Waals surface area contributed by atoms with Crippen molar-refractivity contribution in [3.63, 3.8) is 0 Å². The fraction of sp³-hybridized carbons (Fsp3) is 0.375. The van der Waals surface area contributed by atoms with Crippen molar-refractivity contribution in [3.8, 4) is 0 Å². The molecular weight excluding hydrogens is 522 g/mol. The first kappa shape index (κ1) is 25.1. The van der Waals surface area contributed by atoms with Crippen LogP contribution in [-0.4, -0.2) is 43.4 Å². The molecule has 0 spiro atoms. The SMILES string of the molecule is NS(=O)(=O)OC[C@@H]1CC[C@H](Nc2ncncc2C(=O)c2cc(CN3CCc4ccc(Cl)cc43)cs2)C1. The van der Waals surface area contributed by atoms with Gasteiger partial charge in [0, 0.05) is 36.0 Å². The van der Waals surface area contributed by atoms with Crippen LogP contribution in [-0.2, 0) is 27.5 Å². The molecule has 3 N–H and O–H groups in total. The molecule has 0 radical (unpaired) electrons. The lowest BCUT2D eigenvalue weighted by atomic mass is 10.1. The molecule has 0 amide bonds. The third-order valence-electron chi connectivity index (χ3n) is 6.60. The summed E-state index contributed by atoms with van der Waals surface area (Å²) in [7, 11) is -3.95. The Morgan fingerprint density at radius 1 is 1.31 bits per heavy atom. The maximum atomic E-state index is 13.4. The summed E-state index contributed by atoms with van der Waals surface area (Å²) in [5, 5.41) is 11.0. The molecule has 3 heterocycles. The van der Waals surface area contributed by atoms with Gasteiger partial charge in [-0.25, -0.2) is 15.1 Å². The number of nitrogens with one attached hydrogen (secondary N) is 1. The molecule has 5 rings (SSSR count). The van der Waals surface area contributed by atoms with Gasteiger partial charge in [-0.05, 0) is 66.3 Å². The smallest absolute Gasteiger partial charge is 0.333 e. The van der Waals surface area contributed by atoms with E-state index in [0.717, 1.165) is 42.1 Å². The van der Waals surface area contributed by atoms with Gasteiger partial charge in [-0.15, -0.1) is 11.3 Å². The molecule has 9 nitrogen and oxygen atoms in total. The molecular formula is C24H26ClN5O4S2. The molecule has 1 saturated carbocycles. The number of hydrogen-bond acceptors (Lipinski definition) is 9. The predicted octanol–water partition coefficient (Wildman–Crippen LogP) is 3.79. The number of fused-ring (bicyclic) bond motifs is 1. The van der Waals surface area contributed by atoms with Crippen LogP contribution in [0, 0.1) is 5.92 Å². The number of nitrogens with two attached hydrogens (primary N) is 1. The van der Waals surface area contributed by atoms with Gasteiger partial charge < -0.3 is 10.2 Å². The molecule has 12 heteroatoms. The van der Waals surface area contributed by atoms with Crippen LogP contribution in [0.2, 0.25) is 5.02 Å². The minimum Gasteiger partial charge on any atom is -0.367 e. The molecule has 1 aromatic carbocycles. The van der Waals surface area contributed by atoms with Crippen LogP contribution in [0.5, 0.6) is 0 Å². The van der Waals surface area contributed by atoms with Crippen molar-refractivity contribution in [1.29, 1.82) is 0 Å². The standard InChI is InChI=1S/C24H26ClN5O4S2/c25-18-3-2-17-5-6-30(21(17)9-18)11-16-8-22(35-13-16)23(31)20-10-27-14-28-24(20)29-19-4-1-15(7-19)12-34-36(26,32)33/h2-3,8-10,13-15,19H,1,4-7,11-12H2,(H2,26,32,33)(H,27,28,29)/t15-,19+/m1/s1. The Morgan fingerprint density at radius 2 is 2.17 bits per heavy atom. The quantitative estimate of drug-likeness (QED) is 0.387. The summed E-state index contributed by atoms with van der Waals surface area (Å²) in [6.07, 6.45) is 6.21. The summed E-state index contributed by atoms with van der Waals surface area (Å²) in [5.74, 6) is 0.407. The molecule has 2 atom stereocenters. The number of anilines is 2. The molecule has 0 bridgehead atoms. The summed E-state index contributed by atoms with van der Waals surface area (Å²) in [4.78, 5) is 24.7. The van der Waals surface area contributed by atoms with Gasteiger partial charge in [-0.2, -0.15) is 8.42 Å². The Labute approximate surface area is 218 Å². The molecule has 3 aromatic rings. The highest BCUT2D eigenvalue weighted by Gasteiger charge is 2.28. The number of hydrogen-bond donors (Lipinski definition) is 2. The number of rotatable bonds is 9. The average Bonchev–Trinajstić information content (AvgIpc) is 3.58. The highest BCUT2D eigenvalue weighted by atomic mass is 35.5. The maximum Gasteiger partial charge on any atom is 0.333 e. The van der Waals surface area contributed by atoms with E-state index in [1.165, 1.54) is 29.4 Å². The number of carbonyl (C=O) groups excluding carboxylic acids is 1. The van der Waals surface area contributed by atoms with Crippen molar-refractivity contribution < 1.29 is 17.4 Å². The minimum atomic E-state index is -3.95. The van der Waals surface area contributed by atoms with Gasteiger partial charge >= 0.3 is 10.3 Å². The van der Waals surface area contributed by atoms with Crippen LogP contribution in [0.15, 0.2) is 42.2 Å². The van der Waals surface area contributed by atoms with Crippen molar-refractivity contribution in [2.75, 3.05) is 23.4 Å². The summed E-state index contributed by atoms with van der Waals surface area (Å²) in [6, 6.07) is 7.97. The maximum absolute atomic E-state index is 13.4. The predicted molar refractivity (Wildman–Crippen MR) is 140 cm³/mol. The number of nitrogens with zero attached hydrogens (tertiary/aromatic N) is 3. The first-order chi connectivity index (χ1) is 17.2. The molecule has 190 valence electrons. The van der Waals surface area contributed by atoms with E-state index in [2.05, 4.69) is 26.3 Å². The highest BCUT2D eigenvalue weighted by Crippen LogP contribution is 2.33. The second-order valence-corrected chi connectivity index (χ2v) is 11.7. The molecule has 1 aliphatic heterocycles. The van der Waals surface area contributed by atoms with E-state index in [1.54, 1.807) is 0 Å². The van der Waals surface area contributed by atoms with Gasteiger partial charge in [0.25, 0.3) is 0 Å². The first-order valence-corrected chi connectivity index (χ1v) is 14.4. The zero-order valence-corrected chi connectivity index (χ0v) is 21.8. The Bertz CT molecular complexity index is 1380. The lowest BCUT2D eigenvalue weighted by Crippen LogP contribution is -2.22. The van der Waals surface area contributed by atoms with Crippen molar-refractivity contribution >= 4 is 50.5 Å². The van der Waals surface area contributed by atoms with Crippen LogP contribution in [0.3, 0.4) is 0 Å². The van der Waals surface area contributed by atoms with E-state index in [1.807, 2.05) is 23.6 Å². The van der Waals surface area contributed by atoms with E-state index < -0.39 is 10.3 Å². The Balaban J connectivity index is 1.24. The number of carbonyl (C=O) groups is 1. The van der Waals surface area contributed by atoms with Gasteiger partial charge in [-0.3, -0.25) is 8.98 Å². The molecule has 0 unspecified atom stereocenters. The second kappa shape index (κ2) is 10.4. The Kier molecular flexibility index (Phi) is 7.27. The summed E-state index contributed by atoms with van der Waals surface area (Å²) in [5.41, 5.74) is 3.91. The average molecular weight is 548 g/mol. The summed E-state index contributed by atoms with van der Waals surface area (Å²) < 4.78 is 26.9. The zero-order chi connectivity index (χ0) is 25.3. The van der Waals surface area contributed by atoms with Crippen molar-refractivity contribution in [1.82, 2.24) is 9.97 Å². The van der Waals surface area contributed by atoms with Gasteiger partial charge in [0.05, 0.1) is 17.0 Å². The van der Waals surface area contributed by atoms with E-state index in [-0.39, 0.29) is 24.3 Å². The lowest BCUT2D eigenvalue weighted by Gasteiger charge is -2.18. The van der Waals surface area contributed by atoms with Crippen LogP contribution in [0.25, 0.3) is 0 Å². The lowest BCUT2D eigenvalue weighted by molar-refractivity contribution is 0.104. The van der Waals surface area contributed by atoms with Crippen molar-refractivity contribution in [2.24, 2.45) is 11.1 Å². The summed E-state index contributed by atoms with van der Waals surface area (Å²) in [6.45, 7) is 1.68. The Morgan fingerprint density at radius 3 is 3.00 bits per heavy atom. The normalized spacial score (nSPS) is 19.4. The third kappa shape index (κ3) is 5.87. The van der Waals surface area contributed by atoms with Crippen LogP contribution in [0.1, 0.15) is 45.6 Å². The molecule has 2 aliphatic rings. The molecule has 0 saturated heterocycles. The van der Waals surface area contributed by atoms with Gasteiger partial charge in [-0.1, -0.05) is 17.7 Å². The number of ketones is 1. The molecule has 36 heavy (non-hydrogen) atoms. The van der Waals surface area contributed by atoms with Crippen molar-refractivity contribution in [2.45, 2.75) is 38.3 Å². The largest absolute Gasteiger partial charge is 0.367 e. The monoisotopic (exact) mass is 547 g/mol. The number of benzene rings is 1. The summed E-state index contributed by atoms with van der Waals surface area (Å²) >= 11 is 7.61. The second-order valence-electron chi connectivity index (χ2n) is 9.18. The minimum absolute atomic E-state index is 0.0430. The van der Waals surface area contributed by atoms with E-state index >= 15 is 0 Å². The van der Waals surface area contributed by atoms with Crippen LogP contribution in [0.4, 0.5) is 11.5 Å². The van der Waals surface area contributed by atoms with Crippen LogP contribution < -0.4 is 15.4 Å². The van der Waals surface area contributed by atoms with E-state index in [0.29, 0.717) is 29.2 Å². The molecule has 1 fully saturated rings. The fourth-order valence-corrected chi connectivity index (χ4v) is 6.27. The van der Waals surface area contributed by atoms with E-state index in [9.17, 15) is 13.2 Å².